The van der Waals surface area contributed by atoms with Gasteiger partial charge in [-0.2, -0.15) is 5.10 Å². The average Bonchev–Trinajstić information content (AvgIpc) is 2.29. The summed E-state index contributed by atoms with van der Waals surface area (Å²) in [5, 5.41) is 12.9. The van der Waals surface area contributed by atoms with Gasteiger partial charge in [-0.15, -0.1) is 0 Å². The van der Waals surface area contributed by atoms with Gasteiger partial charge in [0.05, 0.1) is 6.21 Å². The van der Waals surface area contributed by atoms with E-state index < -0.39 is 0 Å². The molecule has 16 heavy (non-hydrogen) atoms. The molecule has 1 amide bonds. The molecule has 0 aliphatic heterocycles. The highest BCUT2D eigenvalue weighted by atomic mass is 35.5. The summed E-state index contributed by atoms with van der Waals surface area (Å²) < 4.78 is 0. The van der Waals surface area contributed by atoms with E-state index in [4.69, 9.17) is 16.7 Å². The second kappa shape index (κ2) is 6.98. The Bertz CT molecular complexity index is 363. The van der Waals surface area contributed by atoms with Crippen molar-refractivity contribution in [1.29, 1.82) is 0 Å². The first-order chi connectivity index (χ1) is 7.72. The van der Waals surface area contributed by atoms with E-state index in [1.54, 1.807) is 24.3 Å². The monoisotopic (exact) mass is 240 g/mol. The maximum atomic E-state index is 11.1. The zero-order valence-corrected chi connectivity index (χ0v) is 9.44. The molecule has 0 atom stereocenters. The van der Waals surface area contributed by atoms with Gasteiger partial charge in [0, 0.05) is 18.1 Å². The van der Waals surface area contributed by atoms with Crippen molar-refractivity contribution in [2.45, 2.75) is 12.8 Å². The van der Waals surface area contributed by atoms with E-state index in [-0.39, 0.29) is 18.9 Å². The molecule has 1 rings (SSSR count). The van der Waals surface area contributed by atoms with Crippen molar-refractivity contribution in [2.24, 2.45) is 5.10 Å². The number of carbonyl (C=O) groups excluding carboxylic acids is 1. The van der Waals surface area contributed by atoms with Crippen molar-refractivity contribution in [3.63, 3.8) is 0 Å². The molecule has 0 bridgehead atoms. The molecule has 0 unspecified atom stereocenters. The predicted octanol–water partition coefficient (Wildman–Crippen LogP) is 1.56. The number of nitrogens with zero attached hydrogens (tertiary/aromatic N) is 1. The molecule has 0 aromatic heterocycles. The molecular weight excluding hydrogens is 228 g/mol. The van der Waals surface area contributed by atoms with Crippen LogP contribution in [0.3, 0.4) is 0 Å². The third kappa shape index (κ3) is 4.91. The molecule has 1 aromatic rings. The summed E-state index contributed by atoms with van der Waals surface area (Å²) >= 11 is 5.72. The smallest absolute Gasteiger partial charge is 0.240 e. The number of hydrazone groups is 1. The van der Waals surface area contributed by atoms with E-state index in [9.17, 15) is 4.79 Å². The standard InChI is InChI=1S/C11H13ClN2O2/c12-10-5-3-9(4-6-10)8-13-14-11(16)2-1-7-15/h3-6,8,15H,1-2,7H2,(H,14,16)/b13-8+. The molecule has 0 radical (unpaired) electrons. The van der Waals surface area contributed by atoms with E-state index in [1.165, 1.54) is 6.21 Å². The van der Waals surface area contributed by atoms with Crippen LogP contribution < -0.4 is 5.43 Å². The summed E-state index contributed by atoms with van der Waals surface area (Å²) in [6.45, 7) is 0.00825. The number of hydrogen-bond acceptors (Lipinski definition) is 3. The summed E-state index contributed by atoms with van der Waals surface area (Å²) in [6, 6.07) is 7.09. The van der Waals surface area contributed by atoms with E-state index in [0.717, 1.165) is 5.56 Å². The predicted molar refractivity (Wildman–Crippen MR) is 63.5 cm³/mol. The van der Waals surface area contributed by atoms with Crippen LogP contribution in [0.25, 0.3) is 0 Å². The number of benzene rings is 1. The first-order valence-corrected chi connectivity index (χ1v) is 5.28. The number of aliphatic hydroxyl groups is 1. The van der Waals surface area contributed by atoms with Gasteiger partial charge in [-0.05, 0) is 24.1 Å². The summed E-state index contributed by atoms with van der Waals surface area (Å²) in [7, 11) is 0. The van der Waals surface area contributed by atoms with Crippen LogP contribution in [0.2, 0.25) is 5.02 Å². The Morgan fingerprint density at radius 1 is 1.44 bits per heavy atom. The summed E-state index contributed by atoms with van der Waals surface area (Å²) in [5.74, 6) is -0.209. The fourth-order valence-electron chi connectivity index (χ4n) is 1.02. The summed E-state index contributed by atoms with van der Waals surface area (Å²) in [5.41, 5.74) is 3.22. The quantitative estimate of drug-likeness (QED) is 0.606. The van der Waals surface area contributed by atoms with Gasteiger partial charge in [0.1, 0.15) is 0 Å². The second-order valence-electron chi connectivity index (χ2n) is 3.17. The van der Waals surface area contributed by atoms with Crippen LogP contribution in [0.4, 0.5) is 0 Å². The number of rotatable bonds is 5. The molecule has 0 aliphatic rings. The van der Waals surface area contributed by atoms with Crippen molar-refractivity contribution >= 4 is 23.7 Å². The van der Waals surface area contributed by atoms with E-state index >= 15 is 0 Å². The Morgan fingerprint density at radius 3 is 2.75 bits per heavy atom. The number of aliphatic hydroxyl groups excluding tert-OH is 1. The summed E-state index contributed by atoms with van der Waals surface area (Å²) in [4.78, 5) is 11.1. The number of nitrogens with one attached hydrogen (secondary N) is 1. The normalized spacial score (nSPS) is 10.6. The minimum atomic E-state index is -0.209. The van der Waals surface area contributed by atoms with E-state index in [0.29, 0.717) is 11.4 Å². The molecule has 86 valence electrons. The molecule has 0 saturated heterocycles. The van der Waals surface area contributed by atoms with Crippen molar-refractivity contribution < 1.29 is 9.90 Å². The Kier molecular flexibility index (Phi) is 5.53. The highest BCUT2D eigenvalue weighted by Gasteiger charge is 1.97. The molecule has 0 heterocycles. The fourth-order valence-corrected chi connectivity index (χ4v) is 1.15. The summed E-state index contributed by atoms with van der Waals surface area (Å²) in [6.07, 6.45) is 2.25. The molecule has 0 spiro atoms. The Hall–Kier alpha value is -1.39. The number of hydrogen-bond donors (Lipinski definition) is 2. The topological polar surface area (TPSA) is 61.7 Å². The van der Waals surface area contributed by atoms with Crippen molar-refractivity contribution in [3.8, 4) is 0 Å². The highest BCUT2D eigenvalue weighted by Crippen LogP contribution is 2.07. The highest BCUT2D eigenvalue weighted by molar-refractivity contribution is 6.30. The van der Waals surface area contributed by atoms with Crippen LogP contribution in [0.1, 0.15) is 18.4 Å². The first-order valence-electron chi connectivity index (χ1n) is 4.90. The zero-order valence-electron chi connectivity index (χ0n) is 8.69. The lowest BCUT2D eigenvalue weighted by molar-refractivity contribution is -0.121. The third-order valence-corrected chi connectivity index (χ3v) is 2.09. The van der Waals surface area contributed by atoms with Gasteiger partial charge in [0.15, 0.2) is 0 Å². The lowest BCUT2D eigenvalue weighted by Crippen LogP contribution is -2.17. The molecule has 2 N–H and O–H groups in total. The van der Waals surface area contributed by atoms with Gasteiger partial charge in [-0.1, -0.05) is 23.7 Å². The Balaban J connectivity index is 2.37. The lowest BCUT2D eigenvalue weighted by Gasteiger charge is -1.97. The largest absolute Gasteiger partial charge is 0.396 e. The van der Waals surface area contributed by atoms with Gasteiger partial charge >= 0.3 is 0 Å². The number of carbonyl (C=O) groups is 1. The number of halogens is 1. The van der Waals surface area contributed by atoms with Crippen LogP contribution >= 0.6 is 11.6 Å². The van der Waals surface area contributed by atoms with Gasteiger partial charge in [-0.3, -0.25) is 4.79 Å². The maximum Gasteiger partial charge on any atom is 0.240 e. The third-order valence-electron chi connectivity index (χ3n) is 1.83. The maximum absolute atomic E-state index is 11.1. The van der Waals surface area contributed by atoms with Crippen molar-refractivity contribution in [2.75, 3.05) is 6.61 Å². The molecular formula is C11H13ClN2O2. The van der Waals surface area contributed by atoms with Gasteiger partial charge in [0.2, 0.25) is 5.91 Å². The van der Waals surface area contributed by atoms with E-state index in [1.807, 2.05) is 0 Å². The fraction of sp³-hybridized carbons (Fsp3) is 0.273. The van der Waals surface area contributed by atoms with Gasteiger partial charge in [-0.25, -0.2) is 5.43 Å². The van der Waals surface area contributed by atoms with Crippen molar-refractivity contribution in [1.82, 2.24) is 5.43 Å². The lowest BCUT2D eigenvalue weighted by atomic mass is 10.2. The van der Waals surface area contributed by atoms with Crippen LogP contribution in [0.15, 0.2) is 29.4 Å². The second-order valence-corrected chi connectivity index (χ2v) is 3.61. The van der Waals surface area contributed by atoms with Crippen LogP contribution in [0.5, 0.6) is 0 Å². The van der Waals surface area contributed by atoms with Crippen LogP contribution in [0, 0.1) is 0 Å². The zero-order chi connectivity index (χ0) is 11.8. The molecule has 0 fully saturated rings. The van der Waals surface area contributed by atoms with Crippen LogP contribution in [-0.4, -0.2) is 23.8 Å². The van der Waals surface area contributed by atoms with Crippen molar-refractivity contribution in [3.05, 3.63) is 34.9 Å². The van der Waals surface area contributed by atoms with E-state index in [2.05, 4.69) is 10.5 Å². The Labute approximate surface area is 98.9 Å². The van der Waals surface area contributed by atoms with Crippen LogP contribution in [-0.2, 0) is 4.79 Å². The Morgan fingerprint density at radius 2 is 2.12 bits per heavy atom. The molecule has 1 aromatic carbocycles. The molecule has 0 aliphatic carbocycles. The molecule has 4 nitrogen and oxygen atoms in total. The average molecular weight is 241 g/mol. The minimum absolute atomic E-state index is 0.00825. The van der Waals surface area contributed by atoms with Gasteiger partial charge < -0.3 is 5.11 Å². The molecule has 0 saturated carbocycles. The SMILES string of the molecule is O=C(CCCO)N/N=C/c1ccc(Cl)cc1. The first kappa shape index (κ1) is 12.7. The molecule has 5 heteroatoms. The van der Waals surface area contributed by atoms with Gasteiger partial charge in [0.25, 0.3) is 0 Å². The minimum Gasteiger partial charge on any atom is -0.396 e. The number of amides is 1.